The fraction of sp³-hybridized carbons (Fsp3) is 0.412. The highest BCUT2D eigenvalue weighted by molar-refractivity contribution is 5.90. The van der Waals surface area contributed by atoms with E-state index in [0.717, 1.165) is 17.4 Å². The van der Waals surface area contributed by atoms with Gasteiger partial charge in [0, 0.05) is 13.1 Å². The summed E-state index contributed by atoms with van der Waals surface area (Å²) >= 11 is 0. The Morgan fingerprint density at radius 1 is 1.39 bits per heavy atom. The Hall–Kier alpha value is -2.50. The van der Waals surface area contributed by atoms with Crippen LogP contribution in [0.15, 0.2) is 28.8 Å². The lowest BCUT2D eigenvalue weighted by atomic mass is 9.98. The number of amides is 1. The van der Waals surface area contributed by atoms with Crippen LogP contribution in [0.3, 0.4) is 0 Å². The lowest BCUT2D eigenvalue weighted by molar-refractivity contribution is 0.0270. The third-order valence-corrected chi connectivity index (χ3v) is 3.73. The molecule has 1 aliphatic heterocycles. The first-order valence-corrected chi connectivity index (χ1v) is 7.66. The molecule has 2 N–H and O–H groups in total. The van der Waals surface area contributed by atoms with Crippen molar-refractivity contribution in [3.8, 4) is 0 Å². The number of fused-ring (bicyclic) bond motifs is 1. The van der Waals surface area contributed by atoms with Gasteiger partial charge >= 0.3 is 6.09 Å². The van der Waals surface area contributed by atoms with Gasteiger partial charge in [0.15, 0.2) is 11.4 Å². The molecule has 122 valence electrons. The summed E-state index contributed by atoms with van der Waals surface area (Å²) in [5.41, 5.74) is 8.27. The molecule has 2 heterocycles. The van der Waals surface area contributed by atoms with E-state index in [9.17, 15) is 4.79 Å². The number of carbonyl (C=O) groups is 1. The standard InChI is InChI=1S/C17H21N3O3/c1-17(2,3)22-16(21)20-8-6-11(7-9-20)12-4-5-14-13(10-12)15(18)19-23-14/h4-6,10H,7-9H2,1-3H3,(H2,18,19). The van der Waals surface area contributed by atoms with E-state index in [1.54, 1.807) is 4.90 Å². The van der Waals surface area contributed by atoms with E-state index in [1.165, 1.54) is 5.57 Å². The van der Waals surface area contributed by atoms with E-state index in [1.807, 2.05) is 39.0 Å². The number of ether oxygens (including phenoxy) is 1. The van der Waals surface area contributed by atoms with Crippen molar-refractivity contribution >= 4 is 28.5 Å². The largest absolute Gasteiger partial charge is 0.444 e. The number of nitrogens with two attached hydrogens (primary N) is 1. The number of rotatable bonds is 1. The van der Waals surface area contributed by atoms with Gasteiger partial charge in [-0.25, -0.2) is 4.79 Å². The van der Waals surface area contributed by atoms with Gasteiger partial charge in [-0.3, -0.25) is 0 Å². The van der Waals surface area contributed by atoms with Gasteiger partial charge in [-0.05, 0) is 50.5 Å². The van der Waals surface area contributed by atoms with E-state index in [-0.39, 0.29) is 6.09 Å². The zero-order chi connectivity index (χ0) is 16.6. The van der Waals surface area contributed by atoms with Crippen LogP contribution < -0.4 is 5.73 Å². The van der Waals surface area contributed by atoms with E-state index in [2.05, 4.69) is 11.2 Å². The summed E-state index contributed by atoms with van der Waals surface area (Å²) in [7, 11) is 0. The smallest absolute Gasteiger partial charge is 0.410 e. The number of hydrogen-bond donors (Lipinski definition) is 1. The first-order chi connectivity index (χ1) is 10.8. The van der Waals surface area contributed by atoms with Crippen molar-refractivity contribution in [2.75, 3.05) is 18.8 Å². The molecule has 0 radical (unpaired) electrons. The van der Waals surface area contributed by atoms with Gasteiger partial charge in [-0.15, -0.1) is 0 Å². The molecule has 1 aromatic heterocycles. The number of nitrogens with zero attached hydrogens (tertiary/aromatic N) is 2. The van der Waals surface area contributed by atoms with Gasteiger partial charge in [0.25, 0.3) is 0 Å². The Kier molecular flexibility index (Phi) is 3.75. The average molecular weight is 315 g/mol. The Morgan fingerprint density at radius 3 is 2.83 bits per heavy atom. The highest BCUT2D eigenvalue weighted by atomic mass is 16.6. The minimum atomic E-state index is -0.474. The molecule has 1 aromatic carbocycles. The Morgan fingerprint density at radius 2 is 2.17 bits per heavy atom. The average Bonchev–Trinajstić information content (AvgIpc) is 2.87. The fourth-order valence-electron chi connectivity index (χ4n) is 2.58. The predicted molar refractivity (Wildman–Crippen MR) is 88.8 cm³/mol. The van der Waals surface area contributed by atoms with Gasteiger partial charge in [0.05, 0.1) is 5.39 Å². The predicted octanol–water partition coefficient (Wildman–Crippen LogP) is 3.43. The summed E-state index contributed by atoms with van der Waals surface area (Å²) in [5, 5.41) is 4.58. The van der Waals surface area contributed by atoms with Crippen LogP contribution in [0, 0.1) is 0 Å². The van der Waals surface area contributed by atoms with Gasteiger partial charge in [0.2, 0.25) is 0 Å². The topological polar surface area (TPSA) is 81.6 Å². The van der Waals surface area contributed by atoms with E-state index >= 15 is 0 Å². The van der Waals surface area contributed by atoms with Crippen LogP contribution in [0.4, 0.5) is 10.6 Å². The second-order valence-corrected chi connectivity index (χ2v) is 6.68. The number of hydrogen-bond acceptors (Lipinski definition) is 5. The lowest BCUT2D eigenvalue weighted by Crippen LogP contribution is -2.39. The van der Waals surface area contributed by atoms with Crippen LogP contribution in [-0.2, 0) is 4.74 Å². The Bertz CT molecular complexity index is 771. The van der Waals surface area contributed by atoms with Crippen molar-refractivity contribution in [1.82, 2.24) is 10.1 Å². The SMILES string of the molecule is CC(C)(C)OC(=O)N1CC=C(c2ccc3onc(N)c3c2)CC1. The number of carbonyl (C=O) groups excluding carboxylic acids is 1. The van der Waals surface area contributed by atoms with Crippen molar-refractivity contribution in [3.05, 3.63) is 29.8 Å². The molecule has 3 rings (SSSR count). The molecule has 0 spiro atoms. The zero-order valence-electron chi connectivity index (χ0n) is 13.6. The zero-order valence-corrected chi connectivity index (χ0v) is 13.6. The van der Waals surface area contributed by atoms with E-state index in [4.69, 9.17) is 15.0 Å². The van der Waals surface area contributed by atoms with Crippen LogP contribution in [0.2, 0.25) is 0 Å². The van der Waals surface area contributed by atoms with E-state index in [0.29, 0.717) is 24.5 Å². The first kappa shape index (κ1) is 15.4. The number of anilines is 1. The molecule has 6 heteroatoms. The third kappa shape index (κ3) is 3.31. The molecule has 6 nitrogen and oxygen atoms in total. The second kappa shape index (κ2) is 5.61. The summed E-state index contributed by atoms with van der Waals surface area (Å²) < 4.78 is 10.5. The molecule has 0 bridgehead atoms. The summed E-state index contributed by atoms with van der Waals surface area (Å²) in [5.74, 6) is 0.397. The third-order valence-electron chi connectivity index (χ3n) is 3.73. The van der Waals surface area contributed by atoms with Crippen molar-refractivity contribution in [2.24, 2.45) is 0 Å². The van der Waals surface area contributed by atoms with Crippen LogP contribution in [0.5, 0.6) is 0 Å². The van der Waals surface area contributed by atoms with Gasteiger partial charge in [-0.2, -0.15) is 0 Å². The number of nitrogen functional groups attached to an aromatic ring is 1. The van der Waals surface area contributed by atoms with Crippen LogP contribution >= 0.6 is 0 Å². The van der Waals surface area contributed by atoms with Crippen molar-refractivity contribution in [3.63, 3.8) is 0 Å². The molecule has 0 aliphatic carbocycles. The molecule has 1 amide bonds. The Balaban J connectivity index is 1.75. The van der Waals surface area contributed by atoms with Crippen LogP contribution in [0.25, 0.3) is 16.5 Å². The molecule has 0 fully saturated rings. The Labute approximate surface area is 134 Å². The highest BCUT2D eigenvalue weighted by Gasteiger charge is 2.24. The maximum absolute atomic E-state index is 12.1. The fourth-order valence-corrected chi connectivity index (χ4v) is 2.58. The van der Waals surface area contributed by atoms with Gasteiger partial charge in [-0.1, -0.05) is 17.3 Å². The number of aromatic nitrogens is 1. The molecular formula is C17H21N3O3. The second-order valence-electron chi connectivity index (χ2n) is 6.68. The molecule has 23 heavy (non-hydrogen) atoms. The van der Waals surface area contributed by atoms with Gasteiger partial charge in [0.1, 0.15) is 5.60 Å². The first-order valence-electron chi connectivity index (χ1n) is 7.66. The molecular weight excluding hydrogens is 294 g/mol. The lowest BCUT2D eigenvalue weighted by Gasteiger charge is -2.29. The van der Waals surface area contributed by atoms with Crippen LogP contribution in [0.1, 0.15) is 32.8 Å². The highest BCUT2D eigenvalue weighted by Crippen LogP contribution is 2.28. The van der Waals surface area contributed by atoms with E-state index < -0.39 is 5.60 Å². The summed E-state index contributed by atoms with van der Waals surface area (Å²) in [6.45, 7) is 6.79. The summed E-state index contributed by atoms with van der Waals surface area (Å²) in [6, 6.07) is 5.84. The molecule has 0 atom stereocenters. The maximum atomic E-state index is 12.1. The summed E-state index contributed by atoms with van der Waals surface area (Å²) in [4.78, 5) is 13.8. The minimum Gasteiger partial charge on any atom is -0.444 e. The molecule has 1 aliphatic rings. The summed E-state index contributed by atoms with van der Waals surface area (Å²) in [6.07, 6.45) is 2.56. The molecule has 2 aromatic rings. The molecule has 0 saturated heterocycles. The van der Waals surface area contributed by atoms with Crippen LogP contribution in [-0.4, -0.2) is 34.8 Å². The normalized spacial score (nSPS) is 15.6. The number of benzene rings is 1. The quantitative estimate of drug-likeness (QED) is 0.871. The monoisotopic (exact) mass is 315 g/mol. The molecule has 0 unspecified atom stereocenters. The van der Waals surface area contributed by atoms with Crippen molar-refractivity contribution in [1.29, 1.82) is 0 Å². The van der Waals surface area contributed by atoms with Crippen molar-refractivity contribution < 1.29 is 14.1 Å². The van der Waals surface area contributed by atoms with Gasteiger partial charge < -0.3 is 19.9 Å². The maximum Gasteiger partial charge on any atom is 0.410 e. The molecule has 0 saturated carbocycles. The van der Waals surface area contributed by atoms with Crippen molar-refractivity contribution in [2.45, 2.75) is 32.8 Å². The minimum absolute atomic E-state index is 0.272.